The Morgan fingerprint density at radius 2 is 2.25 bits per heavy atom. The number of nitrogens with two attached hydrogens (primary N) is 1. The smallest absolute Gasteiger partial charge is 0.186 e. The van der Waals surface area contributed by atoms with E-state index in [1.54, 1.807) is 22.8 Å². The van der Waals surface area contributed by atoms with Gasteiger partial charge in [-0.25, -0.2) is 9.67 Å². The number of nitrogens with zero attached hydrogens (tertiary/aromatic N) is 3. The summed E-state index contributed by atoms with van der Waals surface area (Å²) >= 11 is 1.66. The average Bonchev–Trinajstić information content (AvgIpc) is 2.67. The molecule has 0 bridgehead atoms. The predicted molar refractivity (Wildman–Crippen MR) is 66.2 cm³/mol. The number of benzene rings is 1. The van der Waals surface area contributed by atoms with Crippen LogP contribution in [0.4, 0.5) is 5.69 Å². The van der Waals surface area contributed by atoms with E-state index < -0.39 is 0 Å². The van der Waals surface area contributed by atoms with Gasteiger partial charge < -0.3 is 5.73 Å². The van der Waals surface area contributed by atoms with E-state index in [1.165, 1.54) is 5.56 Å². The Bertz CT molecular complexity index is 492. The van der Waals surface area contributed by atoms with Crippen LogP contribution in [0, 0.1) is 6.92 Å². The van der Waals surface area contributed by atoms with Gasteiger partial charge in [0.2, 0.25) is 0 Å². The van der Waals surface area contributed by atoms with Gasteiger partial charge in [0.25, 0.3) is 0 Å². The van der Waals surface area contributed by atoms with E-state index in [4.69, 9.17) is 5.73 Å². The van der Waals surface area contributed by atoms with Crippen molar-refractivity contribution in [3.8, 4) is 0 Å². The molecule has 0 atom stereocenters. The van der Waals surface area contributed by atoms with Crippen molar-refractivity contribution in [3.05, 3.63) is 35.7 Å². The van der Waals surface area contributed by atoms with E-state index in [0.717, 1.165) is 22.2 Å². The van der Waals surface area contributed by atoms with Crippen LogP contribution in [0.2, 0.25) is 0 Å². The summed E-state index contributed by atoms with van der Waals surface area (Å²) in [6.45, 7) is 2.04. The number of aryl methyl sites for hydroxylation is 1. The minimum absolute atomic E-state index is 0.844. The third-order valence-electron chi connectivity index (χ3n) is 2.51. The Hall–Kier alpha value is -1.49. The SMILES string of the molecule is Cc1c(N)cccc1CSc1ncnn1C. The zero-order valence-corrected chi connectivity index (χ0v) is 10.2. The molecule has 1 aromatic carbocycles. The third-order valence-corrected chi connectivity index (χ3v) is 3.60. The molecule has 0 radical (unpaired) electrons. The number of nitrogen functional groups attached to an aromatic ring is 1. The van der Waals surface area contributed by atoms with E-state index in [0.29, 0.717) is 0 Å². The maximum atomic E-state index is 5.86. The van der Waals surface area contributed by atoms with Crippen molar-refractivity contribution in [2.24, 2.45) is 7.05 Å². The van der Waals surface area contributed by atoms with Crippen molar-refractivity contribution >= 4 is 17.4 Å². The standard InChI is InChI=1S/C11H14N4S/c1-8-9(4-3-5-10(8)12)6-16-11-13-7-14-15(11)2/h3-5,7H,6,12H2,1-2H3. The highest BCUT2D eigenvalue weighted by molar-refractivity contribution is 7.98. The summed E-state index contributed by atoms with van der Waals surface area (Å²) in [4.78, 5) is 4.17. The summed E-state index contributed by atoms with van der Waals surface area (Å²) in [5.74, 6) is 0.864. The lowest BCUT2D eigenvalue weighted by molar-refractivity contribution is 0.685. The lowest BCUT2D eigenvalue weighted by Gasteiger charge is -2.07. The molecule has 0 amide bonds. The van der Waals surface area contributed by atoms with Crippen molar-refractivity contribution in [2.75, 3.05) is 5.73 Å². The molecule has 1 aromatic heterocycles. The van der Waals surface area contributed by atoms with Gasteiger partial charge in [0, 0.05) is 18.5 Å². The van der Waals surface area contributed by atoms with E-state index in [9.17, 15) is 0 Å². The first-order valence-corrected chi connectivity index (χ1v) is 5.98. The normalized spacial score (nSPS) is 10.6. The first-order chi connectivity index (χ1) is 7.68. The second-order valence-corrected chi connectivity index (χ2v) is 4.53. The fourth-order valence-corrected chi connectivity index (χ4v) is 2.37. The highest BCUT2D eigenvalue weighted by atomic mass is 32.2. The molecule has 0 aliphatic carbocycles. The molecule has 0 spiro atoms. The topological polar surface area (TPSA) is 56.7 Å². The molecule has 5 heteroatoms. The second-order valence-electron chi connectivity index (χ2n) is 3.59. The van der Waals surface area contributed by atoms with Crippen LogP contribution >= 0.6 is 11.8 Å². The molecule has 0 aliphatic heterocycles. The number of aromatic nitrogens is 3. The Balaban J connectivity index is 2.11. The van der Waals surface area contributed by atoms with Gasteiger partial charge in [0.15, 0.2) is 5.16 Å². The highest BCUT2D eigenvalue weighted by Crippen LogP contribution is 2.24. The zero-order chi connectivity index (χ0) is 11.5. The van der Waals surface area contributed by atoms with Gasteiger partial charge in [-0.15, -0.1) is 0 Å². The first kappa shape index (κ1) is 11.0. The summed E-state index contributed by atoms with van der Waals surface area (Å²) in [5, 5.41) is 4.95. The largest absolute Gasteiger partial charge is 0.399 e. The molecule has 84 valence electrons. The van der Waals surface area contributed by atoms with Crippen molar-refractivity contribution in [1.82, 2.24) is 14.8 Å². The lowest BCUT2D eigenvalue weighted by Crippen LogP contribution is -1.96. The Morgan fingerprint density at radius 1 is 1.44 bits per heavy atom. The molecule has 2 rings (SSSR count). The van der Waals surface area contributed by atoms with Gasteiger partial charge in [0.05, 0.1) is 0 Å². The second kappa shape index (κ2) is 4.57. The average molecular weight is 234 g/mol. The van der Waals surface area contributed by atoms with Crippen LogP contribution in [0.5, 0.6) is 0 Å². The van der Waals surface area contributed by atoms with Gasteiger partial charge in [0.1, 0.15) is 6.33 Å². The molecule has 2 N–H and O–H groups in total. The molecule has 16 heavy (non-hydrogen) atoms. The Morgan fingerprint density at radius 3 is 2.94 bits per heavy atom. The number of hydrogen-bond donors (Lipinski definition) is 1. The minimum atomic E-state index is 0.844. The van der Waals surface area contributed by atoms with Crippen molar-refractivity contribution in [2.45, 2.75) is 17.8 Å². The molecule has 4 nitrogen and oxygen atoms in total. The van der Waals surface area contributed by atoms with Crippen LogP contribution < -0.4 is 5.73 Å². The van der Waals surface area contributed by atoms with Crippen LogP contribution in [0.15, 0.2) is 29.7 Å². The van der Waals surface area contributed by atoms with E-state index in [2.05, 4.69) is 16.1 Å². The number of hydrogen-bond acceptors (Lipinski definition) is 4. The quantitative estimate of drug-likeness (QED) is 0.652. The maximum absolute atomic E-state index is 5.86. The van der Waals surface area contributed by atoms with Gasteiger partial charge in [-0.2, -0.15) is 5.10 Å². The van der Waals surface area contributed by atoms with Crippen LogP contribution in [0.3, 0.4) is 0 Å². The van der Waals surface area contributed by atoms with Gasteiger partial charge in [-0.05, 0) is 24.1 Å². The summed E-state index contributed by atoms with van der Waals surface area (Å²) in [5.41, 5.74) is 9.09. The van der Waals surface area contributed by atoms with Crippen molar-refractivity contribution in [1.29, 1.82) is 0 Å². The van der Waals surface area contributed by atoms with Crippen LogP contribution in [-0.2, 0) is 12.8 Å². The molecule has 1 heterocycles. The maximum Gasteiger partial charge on any atom is 0.186 e. The summed E-state index contributed by atoms with van der Waals surface area (Å²) in [7, 11) is 1.89. The molecule has 0 saturated heterocycles. The van der Waals surface area contributed by atoms with Crippen molar-refractivity contribution in [3.63, 3.8) is 0 Å². The van der Waals surface area contributed by atoms with E-state index in [-0.39, 0.29) is 0 Å². The van der Waals surface area contributed by atoms with Crippen LogP contribution in [-0.4, -0.2) is 14.8 Å². The fraction of sp³-hybridized carbons (Fsp3) is 0.273. The molecular formula is C11H14N4S. The zero-order valence-electron chi connectivity index (χ0n) is 9.34. The summed E-state index contributed by atoms with van der Waals surface area (Å²) in [6, 6.07) is 6.00. The van der Waals surface area contributed by atoms with Crippen LogP contribution in [0.1, 0.15) is 11.1 Å². The molecule has 0 fully saturated rings. The molecule has 2 aromatic rings. The molecular weight excluding hydrogens is 220 g/mol. The van der Waals surface area contributed by atoms with Gasteiger partial charge >= 0.3 is 0 Å². The fourth-order valence-electron chi connectivity index (χ4n) is 1.42. The van der Waals surface area contributed by atoms with E-state index in [1.807, 2.05) is 26.1 Å². The molecule has 0 saturated carbocycles. The van der Waals surface area contributed by atoms with Crippen LogP contribution in [0.25, 0.3) is 0 Å². The Labute approximate surface area is 98.9 Å². The lowest BCUT2D eigenvalue weighted by atomic mass is 10.1. The number of rotatable bonds is 3. The summed E-state index contributed by atoms with van der Waals surface area (Å²) < 4.78 is 1.77. The van der Waals surface area contributed by atoms with E-state index >= 15 is 0 Å². The number of anilines is 1. The highest BCUT2D eigenvalue weighted by Gasteiger charge is 2.05. The Kier molecular flexibility index (Phi) is 3.14. The molecule has 0 aliphatic rings. The van der Waals surface area contributed by atoms with Gasteiger partial charge in [-0.1, -0.05) is 23.9 Å². The summed E-state index contributed by atoms with van der Waals surface area (Å²) in [6.07, 6.45) is 1.56. The predicted octanol–water partition coefficient (Wildman–Crippen LogP) is 2.00. The monoisotopic (exact) mass is 234 g/mol. The van der Waals surface area contributed by atoms with Gasteiger partial charge in [-0.3, -0.25) is 0 Å². The van der Waals surface area contributed by atoms with Crippen molar-refractivity contribution < 1.29 is 0 Å². The third kappa shape index (κ3) is 2.19. The minimum Gasteiger partial charge on any atom is -0.399 e. The first-order valence-electron chi connectivity index (χ1n) is 4.99. The number of thioether (sulfide) groups is 1. The molecule has 0 unspecified atom stereocenters.